The first-order chi connectivity index (χ1) is 11.1. The highest BCUT2D eigenvalue weighted by Crippen LogP contribution is 2.27. The Bertz CT molecular complexity index is 727. The van der Waals surface area contributed by atoms with Crippen molar-refractivity contribution in [2.75, 3.05) is 26.3 Å². The lowest BCUT2D eigenvalue weighted by atomic mass is 10.1. The van der Waals surface area contributed by atoms with Crippen LogP contribution in [-0.4, -0.2) is 39.0 Å². The van der Waals surface area contributed by atoms with Crippen LogP contribution in [0.4, 0.5) is 4.39 Å². The van der Waals surface area contributed by atoms with Crippen LogP contribution in [0.15, 0.2) is 41.8 Å². The lowest BCUT2D eigenvalue weighted by Gasteiger charge is -2.28. The fourth-order valence-corrected chi connectivity index (χ4v) is 4.63. The second-order valence-corrected chi connectivity index (χ2v) is 7.82. The molecule has 0 amide bonds. The fourth-order valence-electron chi connectivity index (χ4n) is 2.41. The Balaban J connectivity index is 1.88. The molecule has 1 unspecified atom stereocenters. The Labute approximate surface area is 138 Å². The van der Waals surface area contributed by atoms with Crippen LogP contribution in [0.5, 0.6) is 0 Å². The number of nitrogens with one attached hydrogen (secondary N) is 1. The first-order valence-corrected chi connectivity index (χ1v) is 9.52. The van der Waals surface area contributed by atoms with Crippen LogP contribution in [0.3, 0.4) is 0 Å². The van der Waals surface area contributed by atoms with Gasteiger partial charge in [-0.15, -0.1) is 11.3 Å². The molecule has 3 rings (SSSR count). The summed E-state index contributed by atoms with van der Waals surface area (Å²) in [5.41, 5.74) is 0.700. The first-order valence-electron chi connectivity index (χ1n) is 7.20. The van der Waals surface area contributed by atoms with E-state index in [-0.39, 0.29) is 5.82 Å². The van der Waals surface area contributed by atoms with E-state index in [1.165, 1.54) is 27.8 Å². The normalized spacial score (nSPS) is 18.0. The molecular weight excluding hydrogens is 339 g/mol. The molecule has 124 valence electrons. The predicted molar refractivity (Wildman–Crippen MR) is 87.0 cm³/mol. The van der Waals surface area contributed by atoms with Gasteiger partial charge in [0.2, 0.25) is 0 Å². The molecule has 2 heterocycles. The third kappa shape index (κ3) is 3.96. The molecule has 5 nitrogen and oxygen atoms in total. The van der Waals surface area contributed by atoms with Crippen molar-refractivity contribution in [2.45, 2.75) is 6.04 Å². The molecule has 1 aliphatic rings. The van der Waals surface area contributed by atoms with Gasteiger partial charge in [-0.05, 0) is 29.1 Å². The molecule has 1 saturated heterocycles. The monoisotopic (exact) mass is 356 g/mol. The minimum atomic E-state index is -3.65. The molecule has 0 aliphatic carbocycles. The third-order valence-corrected chi connectivity index (χ3v) is 6.12. The highest BCUT2D eigenvalue weighted by Gasteiger charge is 2.28. The minimum Gasteiger partial charge on any atom is -0.379 e. The van der Waals surface area contributed by atoms with Gasteiger partial charge in [0.25, 0.3) is 10.2 Å². The number of benzene rings is 1. The van der Waals surface area contributed by atoms with Crippen LogP contribution in [0.1, 0.15) is 16.5 Å². The second kappa shape index (κ2) is 7.06. The van der Waals surface area contributed by atoms with Crippen molar-refractivity contribution < 1.29 is 17.5 Å². The molecule has 0 bridgehead atoms. The molecule has 1 aromatic carbocycles. The summed E-state index contributed by atoms with van der Waals surface area (Å²) in [5.74, 6) is -0.352. The van der Waals surface area contributed by atoms with E-state index >= 15 is 0 Å². The van der Waals surface area contributed by atoms with Crippen LogP contribution in [0.25, 0.3) is 0 Å². The van der Waals surface area contributed by atoms with Crippen LogP contribution >= 0.6 is 11.3 Å². The van der Waals surface area contributed by atoms with Gasteiger partial charge in [0.15, 0.2) is 0 Å². The number of morpholine rings is 1. The number of ether oxygens (including phenoxy) is 1. The maximum atomic E-state index is 13.2. The Morgan fingerprint density at radius 2 is 1.87 bits per heavy atom. The molecule has 0 saturated carbocycles. The zero-order chi connectivity index (χ0) is 16.3. The summed E-state index contributed by atoms with van der Waals surface area (Å²) in [7, 11) is -3.65. The largest absolute Gasteiger partial charge is 0.379 e. The zero-order valence-electron chi connectivity index (χ0n) is 12.3. The quantitative estimate of drug-likeness (QED) is 0.893. The molecule has 23 heavy (non-hydrogen) atoms. The lowest BCUT2D eigenvalue weighted by molar-refractivity contribution is 0.0724. The highest BCUT2D eigenvalue weighted by molar-refractivity contribution is 7.87. The van der Waals surface area contributed by atoms with Crippen LogP contribution < -0.4 is 4.72 Å². The topological polar surface area (TPSA) is 58.6 Å². The molecule has 1 fully saturated rings. The van der Waals surface area contributed by atoms with Gasteiger partial charge in [0.1, 0.15) is 5.82 Å². The SMILES string of the molecule is O=S(=O)(NC(c1ccc(F)cc1)c1cccs1)N1CCOCC1. The molecule has 1 aromatic heterocycles. The molecule has 0 radical (unpaired) electrons. The van der Waals surface area contributed by atoms with E-state index in [9.17, 15) is 12.8 Å². The van der Waals surface area contributed by atoms with E-state index in [1.54, 1.807) is 12.1 Å². The van der Waals surface area contributed by atoms with Gasteiger partial charge in [0, 0.05) is 18.0 Å². The fraction of sp³-hybridized carbons (Fsp3) is 0.333. The Kier molecular flexibility index (Phi) is 5.08. The summed E-state index contributed by atoms with van der Waals surface area (Å²) in [5, 5.41) is 1.88. The number of hydrogen-bond acceptors (Lipinski definition) is 4. The van der Waals surface area contributed by atoms with Gasteiger partial charge in [-0.2, -0.15) is 17.4 Å². The zero-order valence-corrected chi connectivity index (χ0v) is 13.9. The van der Waals surface area contributed by atoms with Gasteiger partial charge in [-0.1, -0.05) is 18.2 Å². The highest BCUT2D eigenvalue weighted by atomic mass is 32.2. The van der Waals surface area contributed by atoms with Crippen molar-refractivity contribution in [3.8, 4) is 0 Å². The Morgan fingerprint density at radius 3 is 2.48 bits per heavy atom. The predicted octanol–water partition coefficient (Wildman–Crippen LogP) is 2.14. The van der Waals surface area contributed by atoms with E-state index in [0.29, 0.717) is 31.9 Å². The summed E-state index contributed by atoms with van der Waals surface area (Å²) < 4.78 is 47.7. The summed E-state index contributed by atoms with van der Waals surface area (Å²) in [6.07, 6.45) is 0. The molecular formula is C15H17FN2O3S2. The van der Waals surface area contributed by atoms with Crippen molar-refractivity contribution in [3.63, 3.8) is 0 Å². The van der Waals surface area contributed by atoms with E-state index in [2.05, 4.69) is 4.72 Å². The maximum absolute atomic E-state index is 13.2. The van der Waals surface area contributed by atoms with Gasteiger partial charge >= 0.3 is 0 Å². The van der Waals surface area contributed by atoms with Gasteiger partial charge in [0.05, 0.1) is 19.3 Å². The van der Waals surface area contributed by atoms with E-state index in [1.807, 2.05) is 17.5 Å². The van der Waals surface area contributed by atoms with Crippen molar-refractivity contribution in [1.82, 2.24) is 9.03 Å². The smallest absolute Gasteiger partial charge is 0.280 e. The molecule has 0 spiro atoms. The summed E-state index contributed by atoms with van der Waals surface area (Å²) >= 11 is 1.45. The minimum absolute atomic E-state index is 0.329. The number of halogens is 1. The van der Waals surface area contributed by atoms with Crippen LogP contribution in [-0.2, 0) is 14.9 Å². The van der Waals surface area contributed by atoms with Crippen LogP contribution in [0.2, 0.25) is 0 Å². The van der Waals surface area contributed by atoms with E-state index in [4.69, 9.17) is 4.74 Å². The van der Waals surface area contributed by atoms with Crippen molar-refractivity contribution in [3.05, 3.63) is 58.0 Å². The Hall–Kier alpha value is -1.32. The molecule has 1 N–H and O–H groups in total. The molecule has 1 aliphatic heterocycles. The van der Waals surface area contributed by atoms with Gasteiger partial charge < -0.3 is 4.74 Å². The van der Waals surface area contributed by atoms with Crippen LogP contribution in [0, 0.1) is 5.82 Å². The van der Waals surface area contributed by atoms with E-state index in [0.717, 1.165) is 4.88 Å². The summed E-state index contributed by atoms with van der Waals surface area (Å²) in [6.45, 7) is 1.44. The average Bonchev–Trinajstić information content (AvgIpc) is 3.09. The number of rotatable bonds is 5. The van der Waals surface area contributed by atoms with Gasteiger partial charge in [-0.3, -0.25) is 0 Å². The summed E-state index contributed by atoms with van der Waals surface area (Å²) in [6, 6.07) is 9.05. The standard InChI is InChI=1S/C15H17FN2O3S2/c16-13-5-3-12(4-6-13)15(14-2-1-11-22-14)17-23(19,20)18-7-9-21-10-8-18/h1-6,11,15,17H,7-10H2. The Morgan fingerprint density at radius 1 is 1.17 bits per heavy atom. The maximum Gasteiger partial charge on any atom is 0.280 e. The third-order valence-electron chi connectivity index (χ3n) is 3.61. The summed E-state index contributed by atoms with van der Waals surface area (Å²) in [4.78, 5) is 0.855. The molecule has 1 atom stereocenters. The second-order valence-electron chi connectivity index (χ2n) is 5.13. The van der Waals surface area contributed by atoms with Gasteiger partial charge in [-0.25, -0.2) is 4.39 Å². The van der Waals surface area contributed by atoms with Crippen molar-refractivity contribution in [2.24, 2.45) is 0 Å². The van der Waals surface area contributed by atoms with Crippen molar-refractivity contribution in [1.29, 1.82) is 0 Å². The first kappa shape index (κ1) is 16.5. The lowest BCUT2D eigenvalue weighted by Crippen LogP contribution is -2.47. The molecule has 8 heteroatoms. The number of hydrogen-bond donors (Lipinski definition) is 1. The van der Waals surface area contributed by atoms with E-state index < -0.39 is 16.3 Å². The number of nitrogens with zero attached hydrogens (tertiary/aromatic N) is 1. The van der Waals surface area contributed by atoms with Crippen molar-refractivity contribution >= 4 is 21.5 Å². The number of thiophene rings is 1. The average molecular weight is 356 g/mol. The molecule has 2 aromatic rings.